The van der Waals surface area contributed by atoms with Crippen LogP contribution in [0, 0.1) is 5.41 Å². The van der Waals surface area contributed by atoms with Crippen LogP contribution in [-0.2, 0) is 0 Å². The fourth-order valence-electron chi connectivity index (χ4n) is 1.91. The highest BCUT2D eigenvalue weighted by atomic mass is 16.3. The first-order valence-electron chi connectivity index (χ1n) is 5.91. The monoisotopic (exact) mass is 265 g/mol. The normalized spacial score (nSPS) is 10.4. The molecule has 3 heterocycles. The van der Waals surface area contributed by atoms with Gasteiger partial charge in [0.2, 0.25) is 0 Å². The molecule has 0 saturated heterocycles. The number of furan rings is 1. The molecule has 0 atom stereocenters. The van der Waals surface area contributed by atoms with Gasteiger partial charge in [-0.1, -0.05) is 0 Å². The number of hydrogen-bond donors (Lipinski definition) is 2. The van der Waals surface area contributed by atoms with Crippen LogP contribution in [0.1, 0.15) is 5.56 Å². The Labute approximate surface area is 114 Å². The van der Waals surface area contributed by atoms with Gasteiger partial charge in [0.25, 0.3) is 0 Å². The topological polar surface area (TPSA) is 102 Å². The Hall–Kier alpha value is -3.02. The number of nitrogen functional groups attached to an aromatic ring is 1. The van der Waals surface area contributed by atoms with E-state index in [1.165, 1.54) is 12.5 Å². The Morgan fingerprint density at radius 2 is 2.20 bits per heavy atom. The van der Waals surface area contributed by atoms with E-state index in [0.29, 0.717) is 22.7 Å². The van der Waals surface area contributed by atoms with Gasteiger partial charge in [-0.05, 0) is 24.3 Å². The van der Waals surface area contributed by atoms with E-state index in [-0.39, 0.29) is 5.82 Å². The Balaban J connectivity index is 2.28. The fourth-order valence-corrected chi connectivity index (χ4v) is 1.91. The Bertz CT molecular complexity index is 738. The molecule has 0 fully saturated rings. The maximum absolute atomic E-state index is 7.39. The minimum Gasteiger partial charge on any atom is -0.463 e. The van der Waals surface area contributed by atoms with Gasteiger partial charge in [-0.25, -0.2) is 15.0 Å². The van der Waals surface area contributed by atoms with Crippen LogP contribution in [0.2, 0.25) is 0 Å². The van der Waals surface area contributed by atoms with E-state index in [4.69, 9.17) is 15.6 Å². The molecular weight excluding hydrogens is 254 g/mol. The van der Waals surface area contributed by atoms with Crippen LogP contribution in [-0.4, -0.2) is 21.2 Å². The molecule has 0 amide bonds. The van der Waals surface area contributed by atoms with Crippen molar-refractivity contribution in [1.29, 1.82) is 5.41 Å². The third-order valence-corrected chi connectivity index (χ3v) is 2.85. The molecule has 0 radical (unpaired) electrons. The van der Waals surface area contributed by atoms with Crippen molar-refractivity contribution in [2.75, 3.05) is 5.73 Å². The highest BCUT2D eigenvalue weighted by molar-refractivity contribution is 5.89. The van der Waals surface area contributed by atoms with E-state index < -0.39 is 0 Å². The lowest BCUT2D eigenvalue weighted by Crippen LogP contribution is -2.01. The second kappa shape index (κ2) is 4.93. The average molecular weight is 265 g/mol. The summed E-state index contributed by atoms with van der Waals surface area (Å²) in [6.07, 6.45) is 5.84. The molecule has 0 bridgehead atoms. The summed E-state index contributed by atoms with van der Waals surface area (Å²) in [7, 11) is 0. The smallest absolute Gasteiger partial charge is 0.153 e. The van der Waals surface area contributed by atoms with Crippen molar-refractivity contribution in [1.82, 2.24) is 15.0 Å². The molecule has 0 spiro atoms. The number of aromatic nitrogens is 3. The number of rotatable bonds is 3. The summed E-state index contributed by atoms with van der Waals surface area (Å²) in [5.74, 6) is 0.881. The quantitative estimate of drug-likeness (QED) is 0.708. The molecule has 6 nitrogen and oxygen atoms in total. The molecule has 98 valence electrons. The Kier molecular flexibility index (Phi) is 2.96. The summed E-state index contributed by atoms with van der Waals surface area (Å²) in [6, 6.07) is 7.13. The number of pyridine rings is 1. The largest absolute Gasteiger partial charge is 0.463 e. The predicted octanol–water partition coefficient (Wildman–Crippen LogP) is 2.38. The van der Waals surface area contributed by atoms with Gasteiger partial charge >= 0.3 is 0 Å². The lowest BCUT2D eigenvalue weighted by molar-refractivity contribution is 0.580. The summed E-state index contributed by atoms with van der Waals surface area (Å²) in [5, 5.41) is 7.39. The summed E-state index contributed by atoms with van der Waals surface area (Å²) in [6.45, 7) is 0. The second-order valence-corrected chi connectivity index (χ2v) is 4.08. The van der Waals surface area contributed by atoms with Crippen molar-refractivity contribution in [3.8, 4) is 22.7 Å². The van der Waals surface area contributed by atoms with Crippen LogP contribution in [0.15, 0.2) is 47.5 Å². The number of nitrogens with zero attached hydrogens (tertiary/aromatic N) is 3. The van der Waals surface area contributed by atoms with Gasteiger partial charge in [-0.15, -0.1) is 0 Å². The standard InChI is InChI=1S/C14H11N5O/c15-7-9-6-10(11-3-4-17-8-18-11)13(19-14(9)16)12-2-1-5-20-12/h1-8,15H,(H2,16,19). The van der Waals surface area contributed by atoms with Gasteiger partial charge in [0, 0.05) is 23.5 Å². The number of nitrogens with one attached hydrogen (secondary N) is 1. The van der Waals surface area contributed by atoms with Crippen LogP contribution >= 0.6 is 0 Å². The molecule has 0 aliphatic heterocycles. The first-order chi connectivity index (χ1) is 9.79. The van der Waals surface area contributed by atoms with Crippen molar-refractivity contribution in [2.45, 2.75) is 0 Å². The van der Waals surface area contributed by atoms with Crippen LogP contribution in [0.4, 0.5) is 5.82 Å². The van der Waals surface area contributed by atoms with E-state index in [1.54, 1.807) is 36.7 Å². The lowest BCUT2D eigenvalue weighted by Gasteiger charge is -2.09. The Morgan fingerprint density at radius 1 is 1.30 bits per heavy atom. The molecule has 3 rings (SSSR count). The molecular formula is C14H11N5O. The summed E-state index contributed by atoms with van der Waals surface area (Å²) >= 11 is 0. The van der Waals surface area contributed by atoms with Gasteiger partial charge in [0.05, 0.1) is 12.0 Å². The zero-order valence-corrected chi connectivity index (χ0v) is 10.4. The molecule has 0 saturated carbocycles. The van der Waals surface area contributed by atoms with Gasteiger partial charge in [-0.3, -0.25) is 0 Å². The average Bonchev–Trinajstić information content (AvgIpc) is 3.02. The van der Waals surface area contributed by atoms with Crippen molar-refractivity contribution < 1.29 is 4.42 Å². The summed E-state index contributed by atoms with van der Waals surface area (Å²) in [4.78, 5) is 12.4. The molecule has 0 aliphatic rings. The molecule has 3 aromatic heterocycles. The molecule has 0 unspecified atom stereocenters. The molecule has 20 heavy (non-hydrogen) atoms. The zero-order chi connectivity index (χ0) is 13.9. The minimum absolute atomic E-state index is 0.282. The lowest BCUT2D eigenvalue weighted by atomic mass is 10.1. The maximum atomic E-state index is 7.39. The molecule has 0 aliphatic carbocycles. The van der Waals surface area contributed by atoms with Crippen molar-refractivity contribution in [3.05, 3.63) is 48.6 Å². The number of nitrogens with two attached hydrogens (primary N) is 1. The van der Waals surface area contributed by atoms with E-state index in [1.807, 2.05) is 0 Å². The van der Waals surface area contributed by atoms with E-state index >= 15 is 0 Å². The molecule has 0 aromatic carbocycles. The van der Waals surface area contributed by atoms with Crippen LogP contribution < -0.4 is 5.73 Å². The minimum atomic E-state index is 0.282. The first-order valence-corrected chi connectivity index (χ1v) is 5.91. The van der Waals surface area contributed by atoms with Crippen molar-refractivity contribution in [3.63, 3.8) is 0 Å². The summed E-state index contributed by atoms with van der Waals surface area (Å²) < 4.78 is 5.39. The van der Waals surface area contributed by atoms with Gasteiger partial charge in [0.15, 0.2) is 5.76 Å². The summed E-state index contributed by atoms with van der Waals surface area (Å²) in [5.41, 5.74) is 8.42. The predicted molar refractivity (Wildman–Crippen MR) is 75.3 cm³/mol. The van der Waals surface area contributed by atoms with Crippen LogP contribution in [0.25, 0.3) is 22.7 Å². The maximum Gasteiger partial charge on any atom is 0.153 e. The molecule has 3 N–H and O–H groups in total. The van der Waals surface area contributed by atoms with E-state index in [2.05, 4.69) is 15.0 Å². The number of hydrogen-bond acceptors (Lipinski definition) is 6. The van der Waals surface area contributed by atoms with Gasteiger partial charge in [0.1, 0.15) is 17.8 Å². The third-order valence-electron chi connectivity index (χ3n) is 2.85. The van der Waals surface area contributed by atoms with E-state index in [9.17, 15) is 0 Å². The highest BCUT2D eigenvalue weighted by Crippen LogP contribution is 2.31. The molecule has 3 aromatic rings. The van der Waals surface area contributed by atoms with Gasteiger partial charge < -0.3 is 15.6 Å². The highest BCUT2D eigenvalue weighted by Gasteiger charge is 2.15. The number of anilines is 1. The first kappa shape index (κ1) is 12.0. The second-order valence-electron chi connectivity index (χ2n) is 4.08. The Morgan fingerprint density at radius 3 is 2.85 bits per heavy atom. The molecule has 6 heteroatoms. The zero-order valence-electron chi connectivity index (χ0n) is 10.4. The van der Waals surface area contributed by atoms with Crippen molar-refractivity contribution in [2.24, 2.45) is 0 Å². The van der Waals surface area contributed by atoms with Crippen LogP contribution in [0.3, 0.4) is 0 Å². The van der Waals surface area contributed by atoms with Crippen LogP contribution in [0.5, 0.6) is 0 Å². The third kappa shape index (κ3) is 2.03. The SMILES string of the molecule is N=Cc1cc(-c2ccncn2)c(-c2ccco2)nc1N. The van der Waals surface area contributed by atoms with Crippen molar-refractivity contribution >= 4 is 12.0 Å². The van der Waals surface area contributed by atoms with E-state index in [0.717, 1.165) is 5.56 Å². The fraction of sp³-hybridized carbons (Fsp3) is 0. The van der Waals surface area contributed by atoms with Gasteiger partial charge in [-0.2, -0.15) is 0 Å².